The zero-order valence-corrected chi connectivity index (χ0v) is 9.83. The lowest BCUT2D eigenvalue weighted by Crippen LogP contribution is -1.95. The molecule has 0 saturated carbocycles. The summed E-state index contributed by atoms with van der Waals surface area (Å²) in [6, 6.07) is 10.7. The van der Waals surface area contributed by atoms with E-state index in [0.29, 0.717) is 23.7 Å². The normalized spacial score (nSPS) is 9.56. The lowest BCUT2D eigenvalue weighted by atomic mass is 10.3. The van der Waals surface area contributed by atoms with Crippen molar-refractivity contribution in [1.29, 1.82) is 5.26 Å². The molecule has 2 aromatic rings. The minimum Gasteiger partial charge on any atom is -0.494 e. The number of hydrogen-bond acceptors (Lipinski definition) is 5. The molecule has 0 atom stereocenters. The predicted octanol–water partition coefficient (Wildman–Crippen LogP) is 2.54. The van der Waals surface area contributed by atoms with Gasteiger partial charge >= 0.3 is 0 Å². The Morgan fingerprint density at radius 1 is 1.28 bits per heavy atom. The summed E-state index contributed by atoms with van der Waals surface area (Å²) >= 11 is 0. The molecule has 0 bridgehead atoms. The Labute approximate surface area is 105 Å². The zero-order chi connectivity index (χ0) is 12.8. The van der Waals surface area contributed by atoms with Crippen LogP contribution in [0.3, 0.4) is 0 Å². The zero-order valence-electron chi connectivity index (χ0n) is 9.83. The first kappa shape index (κ1) is 11.9. The van der Waals surface area contributed by atoms with Crippen molar-refractivity contribution in [3.63, 3.8) is 0 Å². The van der Waals surface area contributed by atoms with Gasteiger partial charge in [0.25, 0.3) is 5.88 Å². The average molecular weight is 241 g/mol. The van der Waals surface area contributed by atoms with Crippen LogP contribution in [0.2, 0.25) is 0 Å². The Hall–Kier alpha value is -2.61. The highest BCUT2D eigenvalue weighted by Gasteiger charge is 2.06. The first-order valence-corrected chi connectivity index (χ1v) is 5.46. The molecule has 5 nitrogen and oxygen atoms in total. The van der Waals surface area contributed by atoms with Crippen molar-refractivity contribution in [2.24, 2.45) is 0 Å². The summed E-state index contributed by atoms with van der Waals surface area (Å²) in [5, 5.41) is 16.4. The molecule has 0 unspecified atom stereocenters. The number of hydrogen-bond donors (Lipinski definition) is 0. The standard InChI is InChI=1S/C13H11N3O2/c1-2-17-11-4-3-5-12(8-11)18-13-10(9-14)6-7-15-16-13/h3-8H,2H2,1H3. The number of aromatic nitrogens is 2. The first-order valence-electron chi connectivity index (χ1n) is 5.46. The smallest absolute Gasteiger partial charge is 0.256 e. The van der Waals surface area contributed by atoms with Crippen LogP contribution in [0, 0.1) is 11.3 Å². The number of benzene rings is 1. The maximum absolute atomic E-state index is 8.91. The van der Waals surface area contributed by atoms with Gasteiger partial charge in [-0.1, -0.05) is 6.07 Å². The highest BCUT2D eigenvalue weighted by molar-refractivity contribution is 5.40. The van der Waals surface area contributed by atoms with Crippen LogP contribution < -0.4 is 9.47 Å². The van der Waals surface area contributed by atoms with E-state index in [4.69, 9.17) is 14.7 Å². The second-order valence-electron chi connectivity index (χ2n) is 3.37. The van der Waals surface area contributed by atoms with Gasteiger partial charge < -0.3 is 9.47 Å². The van der Waals surface area contributed by atoms with Crippen molar-refractivity contribution in [2.75, 3.05) is 6.61 Å². The summed E-state index contributed by atoms with van der Waals surface area (Å²) in [5.41, 5.74) is 0.340. The lowest BCUT2D eigenvalue weighted by molar-refractivity contribution is 0.337. The summed E-state index contributed by atoms with van der Waals surface area (Å²) in [7, 11) is 0. The first-order chi connectivity index (χ1) is 8.83. The number of nitrogens with zero attached hydrogens (tertiary/aromatic N) is 3. The molecule has 0 aliphatic heterocycles. The van der Waals surface area contributed by atoms with Gasteiger partial charge in [0.2, 0.25) is 0 Å². The van der Waals surface area contributed by atoms with Crippen molar-refractivity contribution in [3.8, 4) is 23.4 Å². The molecular formula is C13H11N3O2. The van der Waals surface area contributed by atoms with E-state index >= 15 is 0 Å². The Morgan fingerprint density at radius 3 is 2.89 bits per heavy atom. The average Bonchev–Trinajstić information content (AvgIpc) is 2.40. The third kappa shape index (κ3) is 2.74. The summed E-state index contributed by atoms with van der Waals surface area (Å²) in [6.45, 7) is 2.49. The van der Waals surface area contributed by atoms with Gasteiger partial charge in [0.1, 0.15) is 23.1 Å². The molecule has 5 heteroatoms. The van der Waals surface area contributed by atoms with Crippen molar-refractivity contribution >= 4 is 0 Å². The van der Waals surface area contributed by atoms with Crippen molar-refractivity contribution in [2.45, 2.75) is 6.92 Å². The van der Waals surface area contributed by atoms with Gasteiger partial charge in [-0.3, -0.25) is 0 Å². The van der Waals surface area contributed by atoms with Crippen LogP contribution in [0.5, 0.6) is 17.4 Å². The second-order valence-corrected chi connectivity index (χ2v) is 3.37. The van der Waals surface area contributed by atoms with Crippen LogP contribution in [0.15, 0.2) is 36.5 Å². The molecule has 90 valence electrons. The van der Waals surface area contributed by atoms with E-state index < -0.39 is 0 Å². The molecular weight excluding hydrogens is 230 g/mol. The molecule has 0 amide bonds. The fourth-order valence-electron chi connectivity index (χ4n) is 1.39. The number of nitriles is 1. The van der Waals surface area contributed by atoms with Gasteiger partial charge in [-0.05, 0) is 25.1 Å². The molecule has 0 aliphatic carbocycles. The topological polar surface area (TPSA) is 68.0 Å². The molecule has 0 radical (unpaired) electrons. The van der Waals surface area contributed by atoms with Crippen LogP contribution in [0.25, 0.3) is 0 Å². The fourth-order valence-corrected chi connectivity index (χ4v) is 1.39. The molecule has 1 aromatic carbocycles. The Bertz CT molecular complexity index is 578. The van der Waals surface area contributed by atoms with Crippen LogP contribution in [0.4, 0.5) is 0 Å². The van der Waals surface area contributed by atoms with Crippen LogP contribution in [0.1, 0.15) is 12.5 Å². The number of ether oxygens (including phenoxy) is 2. The summed E-state index contributed by atoms with van der Waals surface area (Å²) in [6.07, 6.45) is 1.45. The van der Waals surface area contributed by atoms with E-state index in [2.05, 4.69) is 10.2 Å². The molecule has 0 spiro atoms. The molecule has 1 aromatic heterocycles. The largest absolute Gasteiger partial charge is 0.494 e. The van der Waals surface area contributed by atoms with Gasteiger partial charge in [0, 0.05) is 6.07 Å². The van der Waals surface area contributed by atoms with Crippen molar-refractivity contribution < 1.29 is 9.47 Å². The molecule has 18 heavy (non-hydrogen) atoms. The third-order valence-electron chi connectivity index (χ3n) is 2.14. The maximum Gasteiger partial charge on any atom is 0.256 e. The van der Waals surface area contributed by atoms with Crippen LogP contribution in [-0.2, 0) is 0 Å². The molecule has 0 aliphatic rings. The molecule has 1 heterocycles. The van der Waals surface area contributed by atoms with E-state index in [1.165, 1.54) is 6.20 Å². The van der Waals surface area contributed by atoms with Crippen LogP contribution in [-0.4, -0.2) is 16.8 Å². The van der Waals surface area contributed by atoms with Crippen LogP contribution >= 0.6 is 0 Å². The number of rotatable bonds is 4. The van der Waals surface area contributed by atoms with E-state index in [9.17, 15) is 0 Å². The minimum atomic E-state index is 0.189. The van der Waals surface area contributed by atoms with Gasteiger partial charge in [-0.15, -0.1) is 5.10 Å². The second kappa shape index (κ2) is 5.64. The molecule has 0 N–H and O–H groups in total. The summed E-state index contributed by atoms with van der Waals surface area (Å²) in [4.78, 5) is 0. The van der Waals surface area contributed by atoms with E-state index in [1.807, 2.05) is 25.1 Å². The Balaban J connectivity index is 2.23. The van der Waals surface area contributed by atoms with Crippen molar-refractivity contribution in [1.82, 2.24) is 10.2 Å². The quantitative estimate of drug-likeness (QED) is 0.822. The monoisotopic (exact) mass is 241 g/mol. The highest BCUT2D eigenvalue weighted by Crippen LogP contribution is 2.25. The molecule has 0 fully saturated rings. The van der Waals surface area contributed by atoms with Gasteiger partial charge in [-0.25, -0.2) is 0 Å². The highest BCUT2D eigenvalue weighted by atomic mass is 16.5. The SMILES string of the molecule is CCOc1cccc(Oc2nnccc2C#N)c1. The van der Waals surface area contributed by atoms with Gasteiger partial charge in [-0.2, -0.15) is 10.4 Å². The fraction of sp³-hybridized carbons (Fsp3) is 0.154. The molecule has 0 saturated heterocycles. The lowest BCUT2D eigenvalue weighted by Gasteiger charge is -2.07. The van der Waals surface area contributed by atoms with Gasteiger partial charge in [0.15, 0.2) is 0 Å². The predicted molar refractivity (Wildman–Crippen MR) is 64.4 cm³/mol. The maximum atomic E-state index is 8.91. The minimum absolute atomic E-state index is 0.189. The van der Waals surface area contributed by atoms with Gasteiger partial charge in [0.05, 0.1) is 12.8 Å². The molecule has 2 rings (SSSR count). The van der Waals surface area contributed by atoms with E-state index in [1.54, 1.807) is 18.2 Å². The Kier molecular flexibility index (Phi) is 3.72. The van der Waals surface area contributed by atoms with E-state index in [-0.39, 0.29) is 5.88 Å². The third-order valence-corrected chi connectivity index (χ3v) is 2.14. The van der Waals surface area contributed by atoms with Crippen molar-refractivity contribution in [3.05, 3.63) is 42.1 Å². The summed E-state index contributed by atoms with van der Waals surface area (Å²) < 4.78 is 10.9. The Morgan fingerprint density at radius 2 is 2.11 bits per heavy atom. The summed E-state index contributed by atoms with van der Waals surface area (Å²) in [5.74, 6) is 1.45. The van der Waals surface area contributed by atoms with E-state index in [0.717, 1.165) is 0 Å².